The number of rotatable bonds is 4. The van der Waals surface area contributed by atoms with Crippen molar-refractivity contribution in [3.05, 3.63) is 62.0 Å². The van der Waals surface area contributed by atoms with Gasteiger partial charge in [0.05, 0.1) is 4.47 Å². The van der Waals surface area contributed by atoms with E-state index in [1.54, 1.807) is 12.1 Å². The van der Waals surface area contributed by atoms with Gasteiger partial charge in [-0.1, -0.05) is 39.7 Å². The molecule has 2 N–H and O–H groups in total. The zero-order chi connectivity index (χ0) is 14.7. The monoisotopic (exact) mass is 417 g/mol. The molecule has 0 aliphatic carbocycles. The fourth-order valence-corrected chi connectivity index (χ4v) is 2.88. The maximum atomic E-state index is 6.06. The maximum absolute atomic E-state index is 6.06. The van der Waals surface area contributed by atoms with E-state index in [1.807, 2.05) is 37.3 Å². The first kappa shape index (κ1) is 15.8. The lowest BCUT2D eigenvalue weighted by atomic mass is 10.0. The van der Waals surface area contributed by atoms with E-state index >= 15 is 0 Å². The van der Waals surface area contributed by atoms with Crippen LogP contribution in [0.25, 0.3) is 0 Å². The van der Waals surface area contributed by atoms with E-state index in [2.05, 4.69) is 31.9 Å². The summed E-state index contributed by atoms with van der Waals surface area (Å²) in [6.07, 6.45) is -0.222. The van der Waals surface area contributed by atoms with Crippen molar-refractivity contribution in [2.24, 2.45) is 5.73 Å². The molecule has 106 valence electrons. The number of nitrogens with two attached hydrogens (primary N) is 1. The summed E-state index contributed by atoms with van der Waals surface area (Å²) in [7, 11) is 0. The second-order valence-electron chi connectivity index (χ2n) is 4.52. The highest BCUT2D eigenvalue weighted by molar-refractivity contribution is 9.10. The Balaban J connectivity index is 2.28. The third kappa shape index (κ3) is 3.98. The van der Waals surface area contributed by atoms with Gasteiger partial charge in [0.15, 0.2) is 0 Å². The molecule has 2 unspecified atom stereocenters. The highest BCUT2D eigenvalue weighted by Crippen LogP contribution is 2.32. The summed E-state index contributed by atoms with van der Waals surface area (Å²) in [4.78, 5) is 0. The van der Waals surface area contributed by atoms with Crippen LogP contribution in [0.15, 0.2) is 51.4 Å². The smallest absolute Gasteiger partial charge is 0.139 e. The summed E-state index contributed by atoms with van der Waals surface area (Å²) in [5, 5.41) is 0.658. The molecule has 2 atom stereocenters. The molecule has 0 aromatic heterocycles. The van der Waals surface area contributed by atoms with E-state index in [0.717, 1.165) is 20.3 Å². The van der Waals surface area contributed by atoms with Gasteiger partial charge in [0.25, 0.3) is 0 Å². The zero-order valence-electron chi connectivity index (χ0n) is 10.8. The Morgan fingerprint density at radius 2 is 1.75 bits per heavy atom. The largest absolute Gasteiger partial charge is 0.483 e. The van der Waals surface area contributed by atoms with Gasteiger partial charge in [-0.3, -0.25) is 0 Å². The van der Waals surface area contributed by atoms with Crippen LogP contribution in [0.1, 0.15) is 18.6 Å². The molecule has 2 nitrogen and oxygen atoms in total. The van der Waals surface area contributed by atoms with Gasteiger partial charge in [0.2, 0.25) is 0 Å². The van der Waals surface area contributed by atoms with E-state index in [0.29, 0.717) is 5.02 Å². The van der Waals surface area contributed by atoms with Crippen LogP contribution >= 0.6 is 43.5 Å². The second-order valence-corrected chi connectivity index (χ2v) is 6.73. The minimum Gasteiger partial charge on any atom is -0.483 e. The molecule has 2 aromatic carbocycles. The van der Waals surface area contributed by atoms with Gasteiger partial charge >= 0.3 is 0 Å². The summed E-state index contributed by atoms with van der Waals surface area (Å²) in [5.41, 5.74) is 7.09. The molecule has 0 bridgehead atoms. The van der Waals surface area contributed by atoms with Crippen LogP contribution in [0, 0.1) is 0 Å². The molecule has 2 aromatic rings. The summed E-state index contributed by atoms with van der Waals surface area (Å²) in [5.74, 6) is 0.722. The Bertz CT molecular complexity index is 587. The summed E-state index contributed by atoms with van der Waals surface area (Å²) >= 11 is 12.8. The van der Waals surface area contributed by atoms with Crippen LogP contribution < -0.4 is 10.5 Å². The first-order valence-electron chi connectivity index (χ1n) is 6.10. The summed E-state index contributed by atoms with van der Waals surface area (Å²) in [6, 6.07) is 13.2. The summed E-state index contributed by atoms with van der Waals surface area (Å²) in [6.45, 7) is 1.93. The van der Waals surface area contributed by atoms with E-state index in [9.17, 15) is 0 Å². The molecule has 0 amide bonds. The van der Waals surface area contributed by atoms with Gasteiger partial charge in [0.1, 0.15) is 11.9 Å². The molecule has 0 radical (unpaired) electrons. The number of benzene rings is 2. The van der Waals surface area contributed by atoms with Gasteiger partial charge in [0, 0.05) is 15.5 Å². The van der Waals surface area contributed by atoms with Crippen LogP contribution in [0.4, 0.5) is 0 Å². The Morgan fingerprint density at radius 3 is 2.30 bits per heavy atom. The minimum absolute atomic E-state index is 0.140. The quantitative estimate of drug-likeness (QED) is 0.727. The number of halogens is 3. The van der Waals surface area contributed by atoms with Crippen molar-refractivity contribution in [2.75, 3.05) is 0 Å². The molecule has 20 heavy (non-hydrogen) atoms. The molecule has 2 rings (SSSR count). The number of hydrogen-bond donors (Lipinski definition) is 1. The predicted octanol–water partition coefficient (Wildman–Crippen LogP) is 5.33. The fourth-order valence-electron chi connectivity index (χ4n) is 1.84. The van der Waals surface area contributed by atoms with Crippen molar-refractivity contribution in [1.82, 2.24) is 0 Å². The zero-order valence-corrected chi connectivity index (χ0v) is 14.7. The summed E-state index contributed by atoms with van der Waals surface area (Å²) < 4.78 is 7.88. The van der Waals surface area contributed by atoms with Gasteiger partial charge in [-0.25, -0.2) is 0 Å². The molecular weight excluding hydrogens is 405 g/mol. The van der Waals surface area contributed by atoms with Crippen molar-refractivity contribution in [1.29, 1.82) is 0 Å². The first-order chi connectivity index (χ1) is 9.47. The molecular formula is C15H14Br2ClNO. The third-order valence-electron chi connectivity index (χ3n) is 2.82. The lowest BCUT2D eigenvalue weighted by Crippen LogP contribution is -2.29. The number of ether oxygens (including phenoxy) is 1. The standard InChI is InChI=1S/C15H14Br2ClNO/c1-9(19)15(10-2-4-11(16)5-3-10)20-14-7-6-12(18)8-13(14)17/h2-9,15H,19H2,1H3. The van der Waals surface area contributed by atoms with Gasteiger partial charge < -0.3 is 10.5 Å². The molecule has 0 saturated carbocycles. The van der Waals surface area contributed by atoms with Gasteiger partial charge in [-0.05, 0) is 58.7 Å². The maximum Gasteiger partial charge on any atom is 0.139 e. The van der Waals surface area contributed by atoms with Crippen LogP contribution in [-0.4, -0.2) is 6.04 Å². The molecule has 0 saturated heterocycles. The average molecular weight is 420 g/mol. The molecule has 0 aliphatic rings. The molecule has 5 heteroatoms. The highest BCUT2D eigenvalue weighted by Gasteiger charge is 2.19. The van der Waals surface area contributed by atoms with Crippen molar-refractivity contribution in [3.63, 3.8) is 0 Å². The highest BCUT2D eigenvalue weighted by atomic mass is 79.9. The van der Waals surface area contributed by atoms with Crippen LogP contribution in [0.3, 0.4) is 0 Å². The minimum atomic E-state index is -0.222. The Hall–Kier alpha value is -0.550. The van der Waals surface area contributed by atoms with E-state index < -0.39 is 0 Å². The number of hydrogen-bond acceptors (Lipinski definition) is 2. The Kier molecular flexibility index (Phi) is 5.49. The lowest BCUT2D eigenvalue weighted by molar-refractivity contribution is 0.179. The SMILES string of the molecule is CC(N)C(Oc1ccc(Cl)cc1Br)c1ccc(Br)cc1. The Labute approximate surface area is 140 Å². The predicted molar refractivity (Wildman–Crippen MR) is 90.3 cm³/mol. The van der Waals surface area contributed by atoms with Crippen LogP contribution in [0.2, 0.25) is 5.02 Å². The molecule has 0 spiro atoms. The topological polar surface area (TPSA) is 35.2 Å². The van der Waals surface area contributed by atoms with Gasteiger partial charge in [-0.2, -0.15) is 0 Å². The van der Waals surface area contributed by atoms with E-state index in [4.69, 9.17) is 22.1 Å². The molecule has 0 heterocycles. The first-order valence-corrected chi connectivity index (χ1v) is 8.06. The Morgan fingerprint density at radius 1 is 1.10 bits per heavy atom. The van der Waals surface area contributed by atoms with Crippen LogP contribution in [-0.2, 0) is 0 Å². The average Bonchev–Trinajstić information content (AvgIpc) is 2.39. The molecule has 0 fully saturated rings. The van der Waals surface area contributed by atoms with E-state index in [-0.39, 0.29) is 12.1 Å². The van der Waals surface area contributed by atoms with Crippen molar-refractivity contribution in [2.45, 2.75) is 19.1 Å². The molecule has 0 aliphatic heterocycles. The van der Waals surface area contributed by atoms with Crippen molar-refractivity contribution < 1.29 is 4.74 Å². The second kappa shape index (κ2) is 6.94. The van der Waals surface area contributed by atoms with E-state index in [1.165, 1.54) is 0 Å². The van der Waals surface area contributed by atoms with Crippen molar-refractivity contribution in [3.8, 4) is 5.75 Å². The lowest BCUT2D eigenvalue weighted by Gasteiger charge is -2.23. The third-order valence-corrected chi connectivity index (χ3v) is 4.21. The fraction of sp³-hybridized carbons (Fsp3) is 0.200. The normalized spacial score (nSPS) is 13.8. The van der Waals surface area contributed by atoms with Crippen molar-refractivity contribution >= 4 is 43.5 Å². The van der Waals surface area contributed by atoms with Crippen LogP contribution in [0.5, 0.6) is 5.75 Å². The van der Waals surface area contributed by atoms with Gasteiger partial charge in [-0.15, -0.1) is 0 Å².